The lowest BCUT2D eigenvalue weighted by Crippen LogP contribution is -2.22. The van der Waals surface area contributed by atoms with Crippen molar-refractivity contribution in [3.05, 3.63) is 40.9 Å². The molecular weight excluding hydrogens is 262 g/mol. The maximum atomic E-state index is 8.78. The smallest absolute Gasteiger partial charge is 0.252 e. The second kappa shape index (κ2) is 5.83. The van der Waals surface area contributed by atoms with Gasteiger partial charge in [0.2, 0.25) is 0 Å². The minimum atomic E-state index is 0.127. The summed E-state index contributed by atoms with van der Waals surface area (Å²) in [4.78, 5) is 3.90. The van der Waals surface area contributed by atoms with E-state index in [1.807, 2.05) is 18.2 Å². The molecule has 0 spiro atoms. The summed E-state index contributed by atoms with van der Waals surface area (Å²) in [5.74, 6) is 0.127. The summed E-state index contributed by atoms with van der Waals surface area (Å²) in [5.41, 5.74) is 1.77. The summed E-state index contributed by atoms with van der Waals surface area (Å²) in [5, 5.41) is 16.8. The van der Waals surface area contributed by atoms with Gasteiger partial charge in [-0.15, -0.1) is 5.10 Å². The van der Waals surface area contributed by atoms with Gasteiger partial charge in [0.05, 0.1) is 10.7 Å². The molecule has 0 aliphatic rings. The number of rotatable bonds is 4. The van der Waals surface area contributed by atoms with Crippen LogP contribution < -0.4 is 5.32 Å². The van der Waals surface area contributed by atoms with Crippen molar-refractivity contribution in [2.45, 2.75) is 26.4 Å². The summed E-state index contributed by atoms with van der Waals surface area (Å²) in [6.45, 7) is 4.83. The van der Waals surface area contributed by atoms with Crippen LogP contribution in [-0.2, 0) is 6.54 Å². The number of para-hydroxylation sites is 1. The first-order valence-electron chi connectivity index (χ1n) is 5.94. The molecule has 6 heteroatoms. The molecule has 1 aromatic heterocycles. The SMILES string of the molecule is CC(C)NCc1cccc(Cl)c1-n1cnc(C#N)n1. The minimum absolute atomic E-state index is 0.127. The molecule has 0 saturated heterocycles. The van der Waals surface area contributed by atoms with Crippen LogP contribution in [0.1, 0.15) is 25.2 Å². The van der Waals surface area contributed by atoms with Gasteiger partial charge >= 0.3 is 0 Å². The van der Waals surface area contributed by atoms with Gasteiger partial charge in [-0.05, 0) is 11.6 Å². The minimum Gasteiger partial charge on any atom is -0.310 e. The molecule has 5 nitrogen and oxygen atoms in total. The molecule has 1 heterocycles. The van der Waals surface area contributed by atoms with Gasteiger partial charge in [-0.2, -0.15) is 5.26 Å². The van der Waals surface area contributed by atoms with Crippen molar-refractivity contribution in [1.29, 1.82) is 5.26 Å². The summed E-state index contributed by atoms with van der Waals surface area (Å²) in [6.07, 6.45) is 1.50. The fourth-order valence-electron chi connectivity index (χ4n) is 1.70. The average molecular weight is 276 g/mol. The van der Waals surface area contributed by atoms with E-state index in [1.165, 1.54) is 11.0 Å². The van der Waals surface area contributed by atoms with E-state index in [0.29, 0.717) is 17.6 Å². The maximum absolute atomic E-state index is 8.78. The molecule has 2 rings (SSSR count). The lowest BCUT2D eigenvalue weighted by Gasteiger charge is -2.13. The summed E-state index contributed by atoms with van der Waals surface area (Å²) in [7, 11) is 0. The number of halogens is 1. The Morgan fingerprint density at radius 1 is 1.47 bits per heavy atom. The molecule has 19 heavy (non-hydrogen) atoms. The summed E-state index contributed by atoms with van der Waals surface area (Å²) < 4.78 is 1.54. The topological polar surface area (TPSA) is 66.5 Å². The molecule has 0 saturated carbocycles. The fraction of sp³-hybridized carbons (Fsp3) is 0.308. The van der Waals surface area contributed by atoms with E-state index < -0.39 is 0 Å². The Labute approximate surface area is 116 Å². The molecule has 2 aromatic rings. The molecule has 0 aliphatic carbocycles. The number of nitriles is 1. The van der Waals surface area contributed by atoms with Crippen LogP contribution in [0.4, 0.5) is 0 Å². The van der Waals surface area contributed by atoms with Crippen LogP contribution in [0.15, 0.2) is 24.5 Å². The van der Waals surface area contributed by atoms with Crippen LogP contribution in [0.25, 0.3) is 5.69 Å². The predicted molar refractivity (Wildman–Crippen MR) is 73.1 cm³/mol. The highest BCUT2D eigenvalue weighted by atomic mass is 35.5. The second-order valence-electron chi connectivity index (χ2n) is 4.41. The highest BCUT2D eigenvalue weighted by molar-refractivity contribution is 6.32. The summed E-state index contributed by atoms with van der Waals surface area (Å²) >= 11 is 6.23. The molecule has 98 valence electrons. The predicted octanol–water partition coefficient (Wildman–Crippen LogP) is 2.29. The van der Waals surface area contributed by atoms with Crippen molar-refractivity contribution in [1.82, 2.24) is 20.1 Å². The van der Waals surface area contributed by atoms with E-state index in [9.17, 15) is 0 Å². The van der Waals surface area contributed by atoms with Gasteiger partial charge in [-0.25, -0.2) is 9.67 Å². The third kappa shape index (κ3) is 3.11. The van der Waals surface area contributed by atoms with Gasteiger partial charge < -0.3 is 5.32 Å². The number of hydrogen-bond donors (Lipinski definition) is 1. The Balaban J connectivity index is 2.40. The first-order chi connectivity index (χ1) is 9.11. The fourth-order valence-corrected chi connectivity index (χ4v) is 1.98. The van der Waals surface area contributed by atoms with E-state index in [4.69, 9.17) is 16.9 Å². The maximum Gasteiger partial charge on any atom is 0.252 e. The van der Waals surface area contributed by atoms with Gasteiger partial charge in [0.15, 0.2) is 0 Å². The van der Waals surface area contributed by atoms with E-state index in [0.717, 1.165) is 11.3 Å². The van der Waals surface area contributed by atoms with Crippen LogP contribution >= 0.6 is 11.6 Å². The molecule has 1 N–H and O–H groups in total. The van der Waals surface area contributed by atoms with Crippen molar-refractivity contribution in [3.63, 3.8) is 0 Å². The highest BCUT2D eigenvalue weighted by Crippen LogP contribution is 2.23. The average Bonchev–Trinajstić information content (AvgIpc) is 2.84. The molecule has 0 atom stereocenters. The molecular formula is C13H14ClN5. The number of benzene rings is 1. The van der Waals surface area contributed by atoms with Crippen LogP contribution in [-0.4, -0.2) is 20.8 Å². The Morgan fingerprint density at radius 3 is 2.89 bits per heavy atom. The second-order valence-corrected chi connectivity index (χ2v) is 4.81. The lowest BCUT2D eigenvalue weighted by atomic mass is 10.1. The third-order valence-corrected chi connectivity index (χ3v) is 2.90. The Morgan fingerprint density at radius 2 is 2.26 bits per heavy atom. The van der Waals surface area contributed by atoms with Crippen molar-refractivity contribution in [3.8, 4) is 11.8 Å². The monoisotopic (exact) mass is 275 g/mol. The van der Waals surface area contributed by atoms with Crippen molar-refractivity contribution >= 4 is 11.6 Å². The highest BCUT2D eigenvalue weighted by Gasteiger charge is 2.11. The van der Waals surface area contributed by atoms with Crippen LogP contribution in [0.5, 0.6) is 0 Å². The van der Waals surface area contributed by atoms with Crippen molar-refractivity contribution in [2.75, 3.05) is 0 Å². The van der Waals surface area contributed by atoms with Gasteiger partial charge in [0, 0.05) is 12.6 Å². The van der Waals surface area contributed by atoms with Crippen LogP contribution in [0, 0.1) is 11.3 Å². The molecule has 0 unspecified atom stereocenters. The zero-order chi connectivity index (χ0) is 13.8. The third-order valence-electron chi connectivity index (χ3n) is 2.59. The Hall–Kier alpha value is -1.90. The largest absolute Gasteiger partial charge is 0.310 e. The van der Waals surface area contributed by atoms with Crippen molar-refractivity contribution in [2.24, 2.45) is 0 Å². The number of nitrogens with one attached hydrogen (secondary N) is 1. The van der Waals surface area contributed by atoms with Crippen LogP contribution in [0.3, 0.4) is 0 Å². The van der Waals surface area contributed by atoms with Gasteiger partial charge in [0.1, 0.15) is 12.4 Å². The molecule has 0 radical (unpaired) electrons. The number of hydrogen-bond acceptors (Lipinski definition) is 4. The first kappa shape index (κ1) is 13.5. The van der Waals surface area contributed by atoms with Crippen molar-refractivity contribution < 1.29 is 0 Å². The van der Waals surface area contributed by atoms with E-state index in [-0.39, 0.29) is 5.82 Å². The van der Waals surface area contributed by atoms with E-state index in [1.54, 1.807) is 6.07 Å². The molecule has 1 aromatic carbocycles. The summed E-state index contributed by atoms with van der Waals surface area (Å²) in [6, 6.07) is 7.94. The van der Waals surface area contributed by atoms with E-state index in [2.05, 4.69) is 29.2 Å². The molecule has 0 fully saturated rings. The molecule has 0 aliphatic heterocycles. The van der Waals surface area contributed by atoms with Crippen LogP contribution in [0.2, 0.25) is 5.02 Å². The van der Waals surface area contributed by atoms with Gasteiger partial charge in [-0.3, -0.25) is 0 Å². The van der Waals surface area contributed by atoms with Gasteiger partial charge in [0.25, 0.3) is 5.82 Å². The zero-order valence-corrected chi connectivity index (χ0v) is 11.5. The number of aromatic nitrogens is 3. The van der Waals surface area contributed by atoms with E-state index >= 15 is 0 Å². The Kier molecular flexibility index (Phi) is 4.15. The lowest BCUT2D eigenvalue weighted by molar-refractivity contribution is 0.586. The zero-order valence-electron chi connectivity index (χ0n) is 10.8. The first-order valence-corrected chi connectivity index (χ1v) is 6.32. The standard InChI is InChI=1S/C13H14ClN5/c1-9(2)16-7-10-4-3-5-11(14)13(10)19-8-17-12(6-15)18-19/h3-5,8-9,16H,7H2,1-2H3. The molecule has 0 bridgehead atoms. The quantitative estimate of drug-likeness (QED) is 0.930. The normalized spacial score (nSPS) is 10.7. The molecule has 0 amide bonds. The Bertz CT molecular complexity index is 612. The van der Waals surface area contributed by atoms with Gasteiger partial charge in [-0.1, -0.05) is 37.6 Å². The number of nitrogens with zero attached hydrogens (tertiary/aromatic N) is 4.